The van der Waals surface area contributed by atoms with Crippen molar-refractivity contribution in [2.75, 3.05) is 16.8 Å². The van der Waals surface area contributed by atoms with Gasteiger partial charge in [-0.1, -0.05) is 78.6 Å². The summed E-state index contributed by atoms with van der Waals surface area (Å²) in [6.07, 6.45) is 3.91. The van der Waals surface area contributed by atoms with Gasteiger partial charge in [-0.3, -0.25) is 28.4 Å². The molecule has 1 fully saturated rings. The standard InChI is InChI=1S/C32H28N6O3S2/c1-20-11-10-18-36-28(20)34-27(33-17-16-22-12-6-4-7-13-22)24(29(36)39)19-25-30(40)37(32(42)43-25)26-21(2)35(3)38(31(26)41)23-14-8-5-9-15-23/h4-15,18-19,33H,16-17H2,1-3H3/b25-19+. The van der Waals surface area contributed by atoms with E-state index in [1.54, 1.807) is 30.9 Å². The zero-order chi connectivity index (χ0) is 30.2. The lowest BCUT2D eigenvalue weighted by Gasteiger charge is -2.13. The topological polar surface area (TPSA) is 93.6 Å². The highest BCUT2D eigenvalue weighted by atomic mass is 32.2. The molecule has 0 aliphatic carbocycles. The molecule has 0 unspecified atom stereocenters. The van der Waals surface area contributed by atoms with Gasteiger partial charge in [0, 0.05) is 19.8 Å². The zero-order valence-corrected chi connectivity index (χ0v) is 25.4. The number of aryl methyl sites for hydroxylation is 1. The molecule has 1 aliphatic rings. The first kappa shape index (κ1) is 28.4. The Kier molecular flexibility index (Phi) is 7.59. The van der Waals surface area contributed by atoms with Gasteiger partial charge in [-0.15, -0.1) is 0 Å². The third-order valence-electron chi connectivity index (χ3n) is 7.45. The summed E-state index contributed by atoms with van der Waals surface area (Å²) in [5.41, 5.74) is 3.51. The Labute approximate surface area is 257 Å². The molecule has 43 heavy (non-hydrogen) atoms. The summed E-state index contributed by atoms with van der Waals surface area (Å²) >= 11 is 6.67. The molecule has 6 rings (SSSR count). The van der Waals surface area contributed by atoms with Gasteiger partial charge in [0.2, 0.25) is 0 Å². The molecule has 9 nitrogen and oxygen atoms in total. The van der Waals surface area contributed by atoms with E-state index in [9.17, 15) is 14.4 Å². The lowest BCUT2D eigenvalue weighted by Crippen LogP contribution is -2.33. The molecule has 1 aliphatic heterocycles. The van der Waals surface area contributed by atoms with Crippen LogP contribution in [0.5, 0.6) is 0 Å². The van der Waals surface area contributed by atoms with Gasteiger partial charge in [-0.25, -0.2) is 9.67 Å². The van der Waals surface area contributed by atoms with Gasteiger partial charge < -0.3 is 5.32 Å². The number of aromatic nitrogens is 4. The van der Waals surface area contributed by atoms with E-state index >= 15 is 0 Å². The van der Waals surface area contributed by atoms with Crippen molar-refractivity contribution in [2.24, 2.45) is 7.05 Å². The number of benzene rings is 2. The molecule has 1 saturated heterocycles. The van der Waals surface area contributed by atoms with Crippen LogP contribution in [-0.2, 0) is 18.3 Å². The summed E-state index contributed by atoms with van der Waals surface area (Å²) < 4.78 is 4.89. The summed E-state index contributed by atoms with van der Waals surface area (Å²) in [6, 6.07) is 22.9. The van der Waals surface area contributed by atoms with Gasteiger partial charge in [-0.2, -0.15) is 0 Å². The van der Waals surface area contributed by atoms with E-state index in [1.807, 2.05) is 73.7 Å². The molecule has 0 saturated carbocycles. The van der Waals surface area contributed by atoms with Crippen molar-refractivity contribution >= 4 is 57.4 Å². The second-order valence-corrected chi connectivity index (χ2v) is 11.8. The predicted octanol–water partition coefficient (Wildman–Crippen LogP) is 4.86. The van der Waals surface area contributed by atoms with E-state index in [2.05, 4.69) is 5.32 Å². The quantitative estimate of drug-likeness (QED) is 0.208. The van der Waals surface area contributed by atoms with Crippen molar-refractivity contribution < 1.29 is 4.79 Å². The molecule has 0 atom stereocenters. The van der Waals surface area contributed by atoms with Crippen LogP contribution in [-0.4, -0.2) is 35.5 Å². The molecule has 216 valence electrons. The van der Waals surface area contributed by atoms with Gasteiger partial charge in [0.1, 0.15) is 17.2 Å². The Bertz CT molecular complexity index is 2050. The van der Waals surface area contributed by atoms with Gasteiger partial charge in [-0.05, 0) is 55.7 Å². The average molecular weight is 609 g/mol. The Morgan fingerprint density at radius 3 is 2.35 bits per heavy atom. The lowest BCUT2D eigenvalue weighted by atomic mass is 10.1. The minimum absolute atomic E-state index is 0.183. The first-order valence-corrected chi connectivity index (χ1v) is 14.9. The van der Waals surface area contributed by atoms with Crippen molar-refractivity contribution in [3.63, 3.8) is 0 Å². The second kappa shape index (κ2) is 11.5. The molecule has 3 aromatic heterocycles. The Morgan fingerprint density at radius 1 is 0.930 bits per heavy atom. The largest absolute Gasteiger partial charge is 0.369 e. The summed E-state index contributed by atoms with van der Waals surface area (Å²) in [4.78, 5) is 47.6. The van der Waals surface area contributed by atoms with Crippen LogP contribution in [0, 0.1) is 13.8 Å². The molecule has 1 N–H and O–H groups in total. The number of amides is 1. The van der Waals surface area contributed by atoms with Crippen molar-refractivity contribution in [2.45, 2.75) is 20.3 Å². The fourth-order valence-electron chi connectivity index (χ4n) is 5.15. The number of para-hydroxylation sites is 1. The highest BCUT2D eigenvalue weighted by molar-refractivity contribution is 8.27. The number of hydrogen-bond acceptors (Lipinski definition) is 7. The minimum atomic E-state index is -0.468. The molecule has 4 heterocycles. The third kappa shape index (κ3) is 5.10. The number of carbonyl (C=O) groups excluding carboxylic acids is 1. The maximum Gasteiger partial charge on any atom is 0.296 e. The predicted molar refractivity (Wildman–Crippen MR) is 176 cm³/mol. The molecular weight excluding hydrogens is 581 g/mol. The number of nitrogens with zero attached hydrogens (tertiary/aromatic N) is 5. The number of fused-ring (bicyclic) bond motifs is 1. The van der Waals surface area contributed by atoms with Crippen molar-refractivity contribution in [3.8, 4) is 5.69 Å². The smallest absolute Gasteiger partial charge is 0.296 e. The van der Waals surface area contributed by atoms with Crippen molar-refractivity contribution in [1.82, 2.24) is 18.7 Å². The van der Waals surface area contributed by atoms with E-state index in [4.69, 9.17) is 17.2 Å². The van der Waals surface area contributed by atoms with Gasteiger partial charge >= 0.3 is 0 Å². The van der Waals surface area contributed by atoms with E-state index in [-0.39, 0.29) is 31.6 Å². The fourth-order valence-corrected chi connectivity index (χ4v) is 6.40. The minimum Gasteiger partial charge on any atom is -0.369 e. The van der Waals surface area contributed by atoms with E-state index in [0.29, 0.717) is 29.4 Å². The van der Waals surface area contributed by atoms with Crippen LogP contribution in [0.15, 0.2) is 93.5 Å². The summed E-state index contributed by atoms with van der Waals surface area (Å²) in [5.74, 6) is -0.0900. The van der Waals surface area contributed by atoms with E-state index in [0.717, 1.165) is 29.3 Å². The molecule has 5 aromatic rings. The second-order valence-electron chi connectivity index (χ2n) is 10.2. The van der Waals surface area contributed by atoms with E-state index in [1.165, 1.54) is 20.1 Å². The molecule has 0 radical (unpaired) electrons. The number of rotatable bonds is 7. The highest BCUT2D eigenvalue weighted by Gasteiger charge is 2.38. The maximum atomic E-state index is 13.9. The lowest BCUT2D eigenvalue weighted by molar-refractivity contribution is -0.113. The summed E-state index contributed by atoms with van der Waals surface area (Å²) in [7, 11) is 1.76. The molecule has 0 spiro atoms. The average Bonchev–Trinajstić information content (AvgIpc) is 3.40. The molecule has 11 heteroatoms. The number of hydrogen-bond donors (Lipinski definition) is 1. The third-order valence-corrected chi connectivity index (χ3v) is 8.75. The number of nitrogens with one attached hydrogen (secondary N) is 1. The van der Waals surface area contributed by atoms with Crippen LogP contribution in [0.3, 0.4) is 0 Å². The number of pyridine rings is 1. The van der Waals surface area contributed by atoms with Crippen molar-refractivity contribution in [1.29, 1.82) is 0 Å². The Hall–Kier alpha value is -4.74. The molecule has 0 bridgehead atoms. The Balaban J connectivity index is 1.41. The van der Waals surface area contributed by atoms with Crippen LogP contribution in [0.2, 0.25) is 0 Å². The van der Waals surface area contributed by atoms with Gasteiger partial charge in [0.15, 0.2) is 4.32 Å². The molecule has 2 aromatic carbocycles. The van der Waals surface area contributed by atoms with Crippen LogP contribution >= 0.6 is 24.0 Å². The molecule has 1 amide bonds. The number of thiocarbonyl (C=S) groups is 1. The SMILES string of the molecule is Cc1cccn2c(=O)c(/C=C3/SC(=S)N(c4c(C)n(C)n(-c5ccccc5)c4=O)C3=O)c(NCCc3ccccc3)nc12. The number of carbonyl (C=O) groups is 1. The first-order valence-electron chi connectivity index (χ1n) is 13.7. The monoisotopic (exact) mass is 608 g/mol. The van der Waals surface area contributed by atoms with Crippen LogP contribution in [0.25, 0.3) is 17.4 Å². The normalized spacial score (nSPS) is 14.3. The summed E-state index contributed by atoms with van der Waals surface area (Å²) in [6.45, 7) is 4.20. The highest BCUT2D eigenvalue weighted by Crippen LogP contribution is 2.36. The zero-order valence-electron chi connectivity index (χ0n) is 23.8. The molecular formula is C32H28N6O3S2. The first-order chi connectivity index (χ1) is 20.8. The number of thioether (sulfide) groups is 1. The van der Waals surface area contributed by atoms with Crippen LogP contribution in [0.4, 0.5) is 11.5 Å². The maximum absolute atomic E-state index is 13.9. The number of anilines is 2. The van der Waals surface area contributed by atoms with Gasteiger partial charge in [0.05, 0.1) is 21.8 Å². The fraction of sp³-hybridized carbons (Fsp3) is 0.156. The summed E-state index contributed by atoms with van der Waals surface area (Å²) in [5, 5.41) is 3.32. The van der Waals surface area contributed by atoms with E-state index < -0.39 is 5.91 Å². The van der Waals surface area contributed by atoms with Crippen LogP contribution in [0.1, 0.15) is 22.4 Å². The van der Waals surface area contributed by atoms with Crippen molar-refractivity contribution in [3.05, 3.63) is 127 Å². The van der Waals surface area contributed by atoms with Crippen LogP contribution < -0.4 is 21.3 Å². The Morgan fingerprint density at radius 2 is 1.63 bits per heavy atom. The van der Waals surface area contributed by atoms with Gasteiger partial charge in [0.25, 0.3) is 17.0 Å².